The Hall–Kier alpha value is -2.17. The standard InChI is InChI=1S/C20H21N3S/c1-2-5-18-15-23(10-9-17(18)4-1)20-8-7-16(13-22-20)12-21-14-19-6-3-11-24-19/h1-8,11,13,21H,9-10,12,14-15H2. The Morgan fingerprint density at radius 2 is 1.92 bits per heavy atom. The minimum Gasteiger partial charge on any atom is -0.352 e. The van der Waals surface area contributed by atoms with E-state index in [1.807, 2.05) is 6.20 Å². The van der Waals surface area contributed by atoms with E-state index in [0.717, 1.165) is 38.4 Å². The Balaban J connectivity index is 1.36. The van der Waals surface area contributed by atoms with Crippen LogP contribution < -0.4 is 10.2 Å². The summed E-state index contributed by atoms with van der Waals surface area (Å²) in [7, 11) is 0. The molecular formula is C20H21N3S. The van der Waals surface area contributed by atoms with Gasteiger partial charge in [0.25, 0.3) is 0 Å². The maximum Gasteiger partial charge on any atom is 0.128 e. The molecule has 0 radical (unpaired) electrons. The third-order valence-electron chi connectivity index (χ3n) is 4.47. The molecule has 1 aromatic carbocycles. The van der Waals surface area contributed by atoms with Gasteiger partial charge in [-0.1, -0.05) is 36.4 Å². The molecule has 0 aliphatic carbocycles. The number of rotatable bonds is 5. The van der Waals surface area contributed by atoms with Crippen LogP contribution in [0.2, 0.25) is 0 Å². The largest absolute Gasteiger partial charge is 0.352 e. The van der Waals surface area contributed by atoms with Crippen molar-refractivity contribution in [3.8, 4) is 0 Å². The Labute approximate surface area is 147 Å². The van der Waals surface area contributed by atoms with E-state index >= 15 is 0 Å². The number of hydrogen-bond acceptors (Lipinski definition) is 4. The van der Waals surface area contributed by atoms with Crippen molar-refractivity contribution >= 4 is 17.2 Å². The van der Waals surface area contributed by atoms with Gasteiger partial charge >= 0.3 is 0 Å². The minimum atomic E-state index is 0.855. The SMILES string of the molecule is c1csc(CNCc2ccc(N3CCc4ccccc4C3)nc2)c1. The van der Waals surface area contributed by atoms with Gasteiger partial charge in [0.2, 0.25) is 0 Å². The maximum atomic E-state index is 4.68. The van der Waals surface area contributed by atoms with Gasteiger partial charge in [-0.2, -0.15) is 0 Å². The topological polar surface area (TPSA) is 28.2 Å². The molecule has 1 aliphatic heterocycles. The molecule has 0 amide bonds. The predicted molar refractivity (Wildman–Crippen MR) is 100 cm³/mol. The molecule has 0 unspecified atom stereocenters. The number of fused-ring (bicyclic) bond motifs is 1. The number of pyridine rings is 1. The highest BCUT2D eigenvalue weighted by Crippen LogP contribution is 2.23. The second kappa shape index (κ2) is 7.16. The number of aromatic nitrogens is 1. The molecule has 24 heavy (non-hydrogen) atoms. The summed E-state index contributed by atoms with van der Waals surface area (Å²) < 4.78 is 0. The molecule has 3 aromatic rings. The molecule has 4 heteroatoms. The Kier molecular flexibility index (Phi) is 4.58. The van der Waals surface area contributed by atoms with Crippen LogP contribution in [0.1, 0.15) is 21.6 Å². The predicted octanol–water partition coefficient (Wildman–Crippen LogP) is 4.00. The third kappa shape index (κ3) is 3.50. The normalized spacial score (nSPS) is 13.8. The second-order valence-electron chi connectivity index (χ2n) is 6.15. The quantitative estimate of drug-likeness (QED) is 0.764. The summed E-state index contributed by atoms with van der Waals surface area (Å²) >= 11 is 1.79. The van der Waals surface area contributed by atoms with Gasteiger partial charge in [0.05, 0.1) is 0 Å². The molecule has 0 fully saturated rings. The van der Waals surface area contributed by atoms with Crippen LogP contribution in [0.15, 0.2) is 60.1 Å². The summed E-state index contributed by atoms with van der Waals surface area (Å²) in [5.74, 6) is 1.08. The summed E-state index contributed by atoms with van der Waals surface area (Å²) in [6.45, 7) is 3.77. The number of benzene rings is 1. The minimum absolute atomic E-state index is 0.855. The van der Waals surface area contributed by atoms with Crippen LogP contribution >= 0.6 is 11.3 Å². The van der Waals surface area contributed by atoms with Crippen molar-refractivity contribution in [1.82, 2.24) is 10.3 Å². The Morgan fingerprint density at radius 3 is 2.71 bits per heavy atom. The Morgan fingerprint density at radius 1 is 1.00 bits per heavy atom. The molecule has 2 aromatic heterocycles. The van der Waals surface area contributed by atoms with E-state index < -0.39 is 0 Å². The third-order valence-corrected chi connectivity index (χ3v) is 5.35. The fourth-order valence-corrected chi connectivity index (χ4v) is 3.82. The van der Waals surface area contributed by atoms with Crippen molar-refractivity contribution < 1.29 is 0 Å². The molecule has 122 valence electrons. The first kappa shape index (κ1) is 15.4. The van der Waals surface area contributed by atoms with Gasteiger partial charge in [-0.05, 0) is 40.6 Å². The highest BCUT2D eigenvalue weighted by atomic mass is 32.1. The van der Waals surface area contributed by atoms with Crippen molar-refractivity contribution in [1.29, 1.82) is 0 Å². The van der Waals surface area contributed by atoms with Crippen LogP contribution in [-0.2, 0) is 26.1 Å². The van der Waals surface area contributed by atoms with Gasteiger partial charge < -0.3 is 10.2 Å². The highest BCUT2D eigenvalue weighted by Gasteiger charge is 2.16. The molecule has 0 saturated carbocycles. The summed E-state index contributed by atoms with van der Waals surface area (Å²) in [6.07, 6.45) is 3.10. The van der Waals surface area contributed by atoms with E-state index in [1.165, 1.54) is 21.6 Å². The van der Waals surface area contributed by atoms with Gasteiger partial charge in [-0.25, -0.2) is 4.98 Å². The van der Waals surface area contributed by atoms with Crippen molar-refractivity contribution in [2.75, 3.05) is 11.4 Å². The summed E-state index contributed by atoms with van der Waals surface area (Å²) in [5.41, 5.74) is 4.13. The monoisotopic (exact) mass is 335 g/mol. The van der Waals surface area contributed by atoms with Crippen molar-refractivity contribution in [2.45, 2.75) is 26.1 Å². The van der Waals surface area contributed by atoms with Crippen LogP contribution in [0.4, 0.5) is 5.82 Å². The van der Waals surface area contributed by atoms with E-state index in [2.05, 4.69) is 69.1 Å². The summed E-state index contributed by atoms with van der Waals surface area (Å²) in [5, 5.41) is 5.59. The van der Waals surface area contributed by atoms with E-state index in [4.69, 9.17) is 0 Å². The lowest BCUT2D eigenvalue weighted by molar-refractivity contribution is 0.694. The fraction of sp³-hybridized carbons (Fsp3) is 0.250. The zero-order valence-electron chi connectivity index (χ0n) is 13.6. The van der Waals surface area contributed by atoms with Crippen LogP contribution in [0.25, 0.3) is 0 Å². The van der Waals surface area contributed by atoms with Crippen LogP contribution in [0.5, 0.6) is 0 Å². The average Bonchev–Trinajstić information content (AvgIpc) is 3.15. The smallest absolute Gasteiger partial charge is 0.128 e. The van der Waals surface area contributed by atoms with E-state index in [9.17, 15) is 0 Å². The van der Waals surface area contributed by atoms with Gasteiger partial charge in [0.1, 0.15) is 5.82 Å². The van der Waals surface area contributed by atoms with Crippen LogP contribution in [0.3, 0.4) is 0 Å². The van der Waals surface area contributed by atoms with E-state index in [0.29, 0.717) is 0 Å². The molecule has 4 rings (SSSR count). The number of hydrogen-bond donors (Lipinski definition) is 1. The number of nitrogens with one attached hydrogen (secondary N) is 1. The molecule has 3 nitrogen and oxygen atoms in total. The lowest BCUT2D eigenvalue weighted by Crippen LogP contribution is -2.30. The van der Waals surface area contributed by atoms with Crippen molar-refractivity contribution in [3.63, 3.8) is 0 Å². The van der Waals surface area contributed by atoms with Gasteiger partial charge in [-0.3, -0.25) is 0 Å². The first-order chi connectivity index (χ1) is 11.9. The van der Waals surface area contributed by atoms with Gasteiger partial charge in [-0.15, -0.1) is 11.3 Å². The highest BCUT2D eigenvalue weighted by molar-refractivity contribution is 7.09. The molecule has 0 bridgehead atoms. The zero-order chi connectivity index (χ0) is 16.2. The van der Waals surface area contributed by atoms with Crippen LogP contribution in [-0.4, -0.2) is 11.5 Å². The molecule has 1 aliphatic rings. The second-order valence-corrected chi connectivity index (χ2v) is 7.18. The average molecular weight is 335 g/mol. The van der Waals surface area contributed by atoms with Crippen LogP contribution in [0, 0.1) is 0 Å². The van der Waals surface area contributed by atoms with Crippen molar-refractivity contribution in [2.24, 2.45) is 0 Å². The number of nitrogens with zero attached hydrogens (tertiary/aromatic N) is 2. The zero-order valence-corrected chi connectivity index (χ0v) is 14.4. The van der Waals surface area contributed by atoms with E-state index in [-0.39, 0.29) is 0 Å². The first-order valence-corrected chi connectivity index (χ1v) is 9.26. The lowest BCUT2D eigenvalue weighted by Gasteiger charge is -2.29. The number of anilines is 1. The maximum absolute atomic E-state index is 4.68. The summed E-state index contributed by atoms with van der Waals surface area (Å²) in [6, 6.07) is 17.3. The lowest BCUT2D eigenvalue weighted by atomic mass is 10.00. The van der Waals surface area contributed by atoms with Gasteiger partial charge in [0.15, 0.2) is 0 Å². The molecular weight excluding hydrogens is 314 g/mol. The molecule has 0 saturated heterocycles. The molecule has 1 N–H and O–H groups in total. The first-order valence-electron chi connectivity index (χ1n) is 8.38. The van der Waals surface area contributed by atoms with Gasteiger partial charge in [0, 0.05) is 37.3 Å². The van der Waals surface area contributed by atoms with Crippen molar-refractivity contribution in [3.05, 3.63) is 81.7 Å². The molecule has 3 heterocycles. The fourth-order valence-electron chi connectivity index (χ4n) is 3.14. The van der Waals surface area contributed by atoms with E-state index in [1.54, 1.807) is 11.3 Å². The molecule has 0 spiro atoms. The summed E-state index contributed by atoms with van der Waals surface area (Å²) in [4.78, 5) is 8.41. The Bertz CT molecular complexity index is 781. The number of thiophene rings is 1. The molecule has 0 atom stereocenters.